The summed E-state index contributed by atoms with van der Waals surface area (Å²) in [6, 6.07) is 6.44. The number of hydrogen-bond donors (Lipinski definition) is 0. The molecule has 2 rings (SSSR count). The summed E-state index contributed by atoms with van der Waals surface area (Å²) in [5.74, 6) is 0. The Morgan fingerprint density at radius 2 is 1.52 bits per heavy atom. The molecule has 0 saturated heterocycles. The number of fused-ring (bicyclic) bond motifs is 1. The summed E-state index contributed by atoms with van der Waals surface area (Å²) in [7, 11) is 0. The normalized spacial score (nSPS) is 17.6. The Labute approximate surface area is 143 Å². The standard InChI is InChI=1S/C19H20.2C2H6/c1-5-10-15-13-16-12-9-11-14(6-2)19(16)18(8-4)17(15)7-3;2*1-2/h5-12H,1-2,13H2,3-4H3;2*1-2H3/b15-10-,17-7+,18-8-;;. The van der Waals surface area contributed by atoms with E-state index in [4.69, 9.17) is 0 Å². The van der Waals surface area contributed by atoms with Gasteiger partial charge >= 0.3 is 0 Å². The summed E-state index contributed by atoms with van der Waals surface area (Å²) in [5.41, 5.74) is 7.84. The van der Waals surface area contributed by atoms with Gasteiger partial charge in [0.2, 0.25) is 0 Å². The third-order valence-corrected chi connectivity index (χ3v) is 3.59. The zero-order chi connectivity index (χ0) is 17.8. The lowest BCUT2D eigenvalue weighted by Gasteiger charge is -2.26. The van der Waals surface area contributed by atoms with Crippen LogP contribution >= 0.6 is 0 Å². The first-order valence-electron chi connectivity index (χ1n) is 8.66. The first kappa shape index (κ1) is 20.9. The summed E-state index contributed by atoms with van der Waals surface area (Å²) in [6.07, 6.45) is 11.3. The van der Waals surface area contributed by atoms with E-state index in [2.05, 4.69) is 63.4 Å². The van der Waals surface area contributed by atoms with Gasteiger partial charge in [-0.15, -0.1) is 0 Å². The van der Waals surface area contributed by atoms with Crippen LogP contribution in [-0.2, 0) is 6.42 Å². The maximum atomic E-state index is 3.94. The molecule has 0 N–H and O–H groups in total. The van der Waals surface area contributed by atoms with Crippen molar-refractivity contribution in [1.29, 1.82) is 0 Å². The number of allylic oxidation sites excluding steroid dienone is 7. The van der Waals surface area contributed by atoms with Gasteiger partial charge in [-0.05, 0) is 53.7 Å². The van der Waals surface area contributed by atoms with E-state index in [0.29, 0.717) is 0 Å². The zero-order valence-corrected chi connectivity index (χ0v) is 15.7. The van der Waals surface area contributed by atoms with Crippen LogP contribution in [0.3, 0.4) is 0 Å². The highest BCUT2D eigenvalue weighted by Crippen LogP contribution is 2.40. The third-order valence-electron chi connectivity index (χ3n) is 3.59. The van der Waals surface area contributed by atoms with Gasteiger partial charge in [-0.25, -0.2) is 0 Å². The monoisotopic (exact) mass is 308 g/mol. The molecule has 0 unspecified atom stereocenters. The third kappa shape index (κ3) is 4.69. The van der Waals surface area contributed by atoms with Crippen LogP contribution in [-0.4, -0.2) is 0 Å². The molecule has 0 spiro atoms. The van der Waals surface area contributed by atoms with E-state index < -0.39 is 0 Å². The van der Waals surface area contributed by atoms with Gasteiger partial charge in [0, 0.05) is 0 Å². The van der Waals surface area contributed by atoms with Gasteiger partial charge in [-0.2, -0.15) is 0 Å². The maximum absolute atomic E-state index is 3.94. The van der Waals surface area contributed by atoms with Crippen molar-refractivity contribution in [3.63, 3.8) is 0 Å². The predicted octanol–water partition coefficient (Wildman–Crippen LogP) is 7.40. The van der Waals surface area contributed by atoms with Gasteiger partial charge < -0.3 is 0 Å². The maximum Gasteiger partial charge on any atom is -0.00134 e. The Kier molecular flexibility index (Phi) is 10.4. The molecule has 0 aliphatic heterocycles. The molecular formula is C23H32. The molecule has 0 heteroatoms. The largest absolute Gasteiger partial charge is 0.0991 e. The molecule has 124 valence electrons. The van der Waals surface area contributed by atoms with Crippen LogP contribution in [0.25, 0.3) is 11.6 Å². The summed E-state index contributed by atoms with van der Waals surface area (Å²) >= 11 is 0. The van der Waals surface area contributed by atoms with Gasteiger partial charge in [-0.3, -0.25) is 0 Å². The lowest BCUT2D eigenvalue weighted by Crippen LogP contribution is -2.09. The Bertz CT molecular complexity index is 607. The molecule has 0 atom stereocenters. The molecule has 0 saturated carbocycles. The molecular weight excluding hydrogens is 276 g/mol. The van der Waals surface area contributed by atoms with E-state index in [1.165, 1.54) is 33.4 Å². The molecule has 23 heavy (non-hydrogen) atoms. The molecule has 0 amide bonds. The first-order valence-corrected chi connectivity index (χ1v) is 8.66. The minimum atomic E-state index is 0.958. The van der Waals surface area contributed by atoms with Crippen LogP contribution in [0.5, 0.6) is 0 Å². The summed E-state index contributed by atoms with van der Waals surface area (Å²) in [6.45, 7) is 20.0. The van der Waals surface area contributed by atoms with E-state index in [9.17, 15) is 0 Å². The van der Waals surface area contributed by atoms with Gasteiger partial charge in [0.1, 0.15) is 0 Å². The second-order valence-electron chi connectivity index (χ2n) is 4.59. The molecule has 1 aromatic rings. The molecule has 1 aliphatic rings. The van der Waals surface area contributed by atoms with Crippen LogP contribution in [0.15, 0.2) is 66.8 Å². The van der Waals surface area contributed by atoms with Crippen LogP contribution < -0.4 is 0 Å². The average Bonchev–Trinajstić information content (AvgIpc) is 2.63. The summed E-state index contributed by atoms with van der Waals surface area (Å²) < 4.78 is 0. The smallest absolute Gasteiger partial charge is 0.00134 e. The molecule has 0 bridgehead atoms. The lowest BCUT2D eigenvalue weighted by atomic mass is 9.78. The number of rotatable bonds is 2. The van der Waals surface area contributed by atoms with Gasteiger partial charge in [-0.1, -0.05) is 89.4 Å². The molecule has 0 radical (unpaired) electrons. The van der Waals surface area contributed by atoms with Crippen LogP contribution in [0.4, 0.5) is 0 Å². The van der Waals surface area contributed by atoms with Gasteiger partial charge in [0.25, 0.3) is 0 Å². The fourth-order valence-corrected chi connectivity index (χ4v) is 2.81. The number of benzene rings is 1. The molecule has 0 aromatic heterocycles. The molecule has 0 fully saturated rings. The van der Waals surface area contributed by atoms with Gasteiger partial charge in [0.15, 0.2) is 0 Å². The second kappa shape index (κ2) is 11.5. The van der Waals surface area contributed by atoms with Crippen LogP contribution in [0.2, 0.25) is 0 Å². The van der Waals surface area contributed by atoms with Crippen molar-refractivity contribution in [2.45, 2.75) is 48.0 Å². The first-order chi connectivity index (χ1) is 11.3. The van der Waals surface area contributed by atoms with Crippen LogP contribution in [0.1, 0.15) is 58.2 Å². The van der Waals surface area contributed by atoms with Crippen molar-refractivity contribution in [2.24, 2.45) is 0 Å². The van der Waals surface area contributed by atoms with Crippen molar-refractivity contribution >= 4 is 11.6 Å². The minimum Gasteiger partial charge on any atom is -0.0991 e. The Morgan fingerprint density at radius 1 is 0.913 bits per heavy atom. The van der Waals surface area contributed by atoms with Gasteiger partial charge in [0.05, 0.1) is 0 Å². The average molecular weight is 309 g/mol. The molecule has 0 nitrogen and oxygen atoms in total. The lowest BCUT2D eigenvalue weighted by molar-refractivity contribution is 1.12. The topological polar surface area (TPSA) is 0 Å². The van der Waals surface area contributed by atoms with E-state index in [0.717, 1.165) is 6.42 Å². The minimum absolute atomic E-state index is 0.958. The van der Waals surface area contributed by atoms with E-state index >= 15 is 0 Å². The molecule has 0 heterocycles. The van der Waals surface area contributed by atoms with Crippen LogP contribution in [0, 0.1) is 0 Å². The number of hydrogen-bond acceptors (Lipinski definition) is 0. The van der Waals surface area contributed by atoms with Crippen molar-refractivity contribution in [1.82, 2.24) is 0 Å². The zero-order valence-electron chi connectivity index (χ0n) is 15.7. The van der Waals surface area contributed by atoms with E-state index in [1.54, 1.807) is 0 Å². The quantitative estimate of drug-likeness (QED) is 0.534. The van der Waals surface area contributed by atoms with Crippen molar-refractivity contribution < 1.29 is 0 Å². The Balaban J connectivity index is 0.00000112. The SMILES string of the molecule is C=C/C=C1/Cc2cccc(C=C)c2C(=C\C)/C1=C/C.CC.CC. The Hall–Kier alpha value is -2.08. The molecule has 1 aromatic carbocycles. The fourth-order valence-electron chi connectivity index (χ4n) is 2.81. The predicted molar refractivity (Wildman–Crippen MR) is 109 cm³/mol. The van der Waals surface area contributed by atoms with E-state index in [1.807, 2.05) is 39.8 Å². The van der Waals surface area contributed by atoms with Crippen molar-refractivity contribution in [2.75, 3.05) is 0 Å². The Morgan fingerprint density at radius 3 is 2.00 bits per heavy atom. The highest BCUT2D eigenvalue weighted by molar-refractivity contribution is 5.91. The molecule has 1 aliphatic carbocycles. The fraction of sp³-hybridized carbons (Fsp3) is 0.304. The van der Waals surface area contributed by atoms with Crippen molar-refractivity contribution in [3.8, 4) is 0 Å². The summed E-state index contributed by atoms with van der Waals surface area (Å²) in [4.78, 5) is 0. The summed E-state index contributed by atoms with van der Waals surface area (Å²) in [5, 5.41) is 0. The van der Waals surface area contributed by atoms with Crippen molar-refractivity contribution in [3.05, 3.63) is 83.5 Å². The highest BCUT2D eigenvalue weighted by Gasteiger charge is 2.22. The van der Waals surface area contributed by atoms with E-state index in [-0.39, 0.29) is 0 Å². The highest BCUT2D eigenvalue weighted by atomic mass is 14.3. The second-order valence-corrected chi connectivity index (χ2v) is 4.59.